The summed E-state index contributed by atoms with van der Waals surface area (Å²) in [6.07, 6.45) is 1.88. The van der Waals surface area contributed by atoms with E-state index in [0.29, 0.717) is 23.4 Å². The maximum Gasteiger partial charge on any atom is 0.524 e. The van der Waals surface area contributed by atoms with Crippen molar-refractivity contribution in [3.8, 4) is 5.75 Å². The number of piperazine rings is 1. The van der Waals surface area contributed by atoms with Gasteiger partial charge >= 0.3 is 7.82 Å². The van der Waals surface area contributed by atoms with Gasteiger partial charge in [0.25, 0.3) is 5.91 Å². The van der Waals surface area contributed by atoms with Crippen LogP contribution in [0.5, 0.6) is 5.75 Å². The summed E-state index contributed by atoms with van der Waals surface area (Å²) in [6.45, 7) is 10.3. The van der Waals surface area contributed by atoms with Crippen molar-refractivity contribution >= 4 is 19.4 Å². The van der Waals surface area contributed by atoms with Crippen LogP contribution < -0.4 is 9.42 Å². The predicted octanol–water partition coefficient (Wildman–Crippen LogP) is 5.24. The van der Waals surface area contributed by atoms with Crippen molar-refractivity contribution in [2.75, 3.05) is 31.6 Å². The highest BCUT2D eigenvalue weighted by Gasteiger charge is 2.36. The van der Waals surface area contributed by atoms with Crippen LogP contribution in [0.25, 0.3) is 0 Å². The molecule has 10 heteroatoms. The van der Waals surface area contributed by atoms with E-state index in [9.17, 15) is 23.5 Å². The van der Waals surface area contributed by atoms with Crippen LogP contribution in [0.3, 0.4) is 0 Å². The SMILES string of the molecule is C=CCN1C[C@H](C)N([C@H](c2cccc(C(=O)N(C)c3cccc(F)c3)c2)c2ccccc2OP(=O)(O)O)C[C@H]1C. The smallest absolute Gasteiger partial charge is 0.404 e. The molecule has 1 aliphatic heterocycles. The molecule has 0 unspecified atom stereocenters. The third-order valence-corrected chi connectivity index (χ3v) is 7.67. The second-order valence-electron chi connectivity index (χ2n) is 10.1. The highest BCUT2D eigenvalue weighted by atomic mass is 31.2. The molecule has 0 aliphatic carbocycles. The monoisotopic (exact) mass is 567 g/mol. The molecule has 4 rings (SSSR count). The number of carbonyl (C=O) groups is 1. The van der Waals surface area contributed by atoms with Gasteiger partial charge in [0.2, 0.25) is 0 Å². The number of para-hydroxylation sites is 1. The zero-order chi connectivity index (χ0) is 29.0. The van der Waals surface area contributed by atoms with Crippen LogP contribution in [0.2, 0.25) is 0 Å². The molecular formula is C30H35FN3O5P. The van der Waals surface area contributed by atoms with E-state index in [1.54, 1.807) is 55.6 Å². The van der Waals surface area contributed by atoms with Gasteiger partial charge in [-0.25, -0.2) is 8.96 Å². The van der Waals surface area contributed by atoms with Crippen molar-refractivity contribution in [2.24, 2.45) is 0 Å². The van der Waals surface area contributed by atoms with Gasteiger partial charge in [0.15, 0.2) is 0 Å². The maximum absolute atomic E-state index is 13.8. The van der Waals surface area contributed by atoms with E-state index in [4.69, 9.17) is 4.52 Å². The minimum atomic E-state index is -4.84. The second kappa shape index (κ2) is 12.5. The predicted molar refractivity (Wildman–Crippen MR) is 154 cm³/mol. The Hall–Kier alpha value is -3.33. The third-order valence-electron chi connectivity index (χ3n) is 7.24. The summed E-state index contributed by atoms with van der Waals surface area (Å²) in [5.41, 5.74) is 2.16. The van der Waals surface area contributed by atoms with Gasteiger partial charge in [0.1, 0.15) is 11.6 Å². The minimum Gasteiger partial charge on any atom is -0.404 e. The van der Waals surface area contributed by atoms with Crippen molar-refractivity contribution in [1.82, 2.24) is 9.80 Å². The topological polar surface area (TPSA) is 93.5 Å². The molecule has 0 spiro atoms. The van der Waals surface area contributed by atoms with Gasteiger partial charge in [-0.2, -0.15) is 0 Å². The summed E-state index contributed by atoms with van der Waals surface area (Å²) in [6, 6.07) is 19.5. The largest absolute Gasteiger partial charge is 0.524 e. The first-order valence-corrected chi connectivity index (χ1v) is 14.6. The third kappa shape index (κ3) is 6.86. The Labute approximate surface area is 234 Å². The highest BCUT2D eigenvalue weighted by molar-refractivity contribution is 7.46. The fourth-order valence-corrected chi connectivity index (χ4v) is 5.73. The van der Waals surface area contributed by atoms with Crippen molar-refractivity contribution in [1.29, 1.82) is 0 Å². The molecule has 1 aliphatic rings. The fraction of sp³-hybridized carbons (Fsp3) is 0.300. The zero-order valence-corrected chi connectivity index (χ0v) is 23.7. The average molecular weight is 568 g/mol. The Kier molecular flexibility index (Phi) is 9.23. The number of rotatable bonds is 9. The van der Waals surface area contributed by atoms with Crippen LogP contribution in [0.4, 0.5) is 10.1 Å². The van der Waals surface area contributed by atoms with Crippen LogP contribution in [0.1, 0.15) is 41.4 Å². The van der Waals surface area contributed by atoms with Crippen LogP contribution in [0.15, 0.2) is 85.5 Å². The molecule has 1 fully saturated rings. The summed E-state index contributed by atoms with van der Waals surface area (Å²) >= 11 is 0. The molecule has 212 valence electrons. The number of carbonyl (C=O) groups excluding carboxylic acids is 1. The number of nitrogens with zero attached hydrogens (tertiary/aromatic N) is 3. The summed E-state index contributed by atoms with van der Waals surface area (Å²) in [4.78, 5) is 38.7. The number of hydrogen-bond acceptors (Lipinski definition) is 5. The maximum atomic E-state index is 13.8. The average Bonchev–Trinajstić information content (AvgIpc) is 2.91. The Balaban J connectivity index is 1.79. The lowest BCUT2D eigenvalue weighted by Crippen LogP contribution is -2.57. The van der Waals surface area contributed by atoms with Crippen LogP contribution in [-0.2, 0) is 4.57 Å². The van der Waals surface area contributed by atoms with Gasteiger partial charge in [0.05, 0.1) is 6.04 Å². The van der Waals surface area contributed by atoms with Gasteiger partial charge in [-0.1, -0.05) is 42.5 Å². The quantitative estimate of drug-likeness (QED) is 0.270. The van der Waals surface area contributed by atoms with Crippen molar-refractivity contribution in [3.05, 3.63) is 108 Å². The Morgan fingerprint density at radius 3 is 2.52 bits per heavy atom. The fourth-order valence-electron chi connectivity index (χ4n) is 5.31. The van der Waals surface area contributed by atoms with E-state index in [1.807, 2.05) is 12.1 Å². The number of hydrogen-bond donors (Lipinski definition) is 2. The number of phosphoric ester groups is 1. The Morgan fingerprint density at radius 1 is 1.10 bits per heavy atom. The van der Waals surface area contributed by atoms with E-state index in [1.165, 1.54) is 23.1 Å². The van der Waals surface area contributed by atoms with Crippen molar-refractivity contribution in [2.45, 2.75) is 32.0 Å². The molecule has 3 aromatic carbocycles. The first-order chi connectivity index (χ1) is 19.0. The van der Waals surface area contributed by atoms with Gasteiger partial charge in [-0.15, -0.1) is 6.58 Å². The number of anilines is 1. The molecule has 3 aromatic rings. The normalized spacial score (nSPS) is 19.1. The Bertz CT molecular complexity index is 1410. The molecule has 0 aromatic heterocycles. The van der Waals surface area contributed by atoms with Gasteiger partial charge in [0, 0.05) is 55.6 Å². The molecule has 2 N–H and O–H groups in total. The lowest BCUT2D eigenvalue weighted by molar-refractivity contribution is 0.0302. The summed E-state index contributed by atoms with van der Waals surface area (Å²) < 4.78 is 30.8. The summed E-state index contributed by atoms with van der Waals surface area (Å²) in [7, 11) is -3.25. The van der Waals surface area contributed by atoms with E-state index < -0.39 is 19.7 Å². The molecule has 0 saturated carbocycles. The number of halogens is 1. The lowest BCUT2D eigenvalue weighted by Gasteiger charge is -2.47. The number of amides is 1. The molecule has 0 bridgehead atoms. The van der Waals surface area contributed by atoms with Crippen LogP contribution in [0, 0.1) is 5.82 Å². The molecule has 0 radical (unpaired) electrons. The van der Waals surface area contributed by atoms with E-state index >= 15 is 0 Å². The molecule has 1 saturated heterocycles. The molecule has 1 amide bonds. The standard InChI is InChI=1S/C30H35FN3O5P/c1-5-16-33-19-22(3)34(20-21(33)2)29(27-14-6-7-15-28(27)39-40(36,37)38)23-10-8-11-24(17-23)30(35)32(4)26-13-9-12-25(31)18-26/h5-15,17-18,21-22,29H,1,16,19-20H2,2-4H3,(H2,36,37,38)/t21-,22+,29-/m1/s1. The summed E-state index contributed by atoms with van der Waals surface area (Å²) in [5.74, 6) is -0.683. The van der Waals surface area contributed by atoms with Crippen molar-refractivity contribution in [3.63, 3.8) is 0 Å². The molecule has 3 atom stereocenters. The first kappa shape index (κ1) is 29.6. The first-order valence-electron chi connectivity index (χ1n) is 13.1. The van der Waals surface area contributed by atoms with Crippen molar-refractivity contribution < 1.29 is 28.1 Å². The van der Waals surface area contributed by atoms with Crippen LogP contribution in [-0.4, -0.2) is 64.3 Å². The molecule has 1 heterocycles. The second-order valence-corrected chi connectivity index (χ2v) is 11.3. The number of phosphoric acid groups is 1. The zero-order valence-electron chi connectivity index (χ0n) is 22.9. The lowest BCUT2D eigenvalue weighted by atomic mass is 9.92. The molecular weight excluding hydrogens is 532 g/mol. The van der Waals surface area contributed by atoms with E-state index in [0.717, 1.165) is 18.7 Å². The van der Waals surface area contributed by atoms with E-state index in [-0.39, 0.29) is 23.7 Å². The van der Waals surface area contributed by atoms with Crippen LogP contribution >= 0.6 is 7.82 Å². The van der Waals surface area contributed by atoms with E-state index in [2.05, 4.69) is 30.2 Å². The van der Waals surface area contributed by atoms with Gasteiger partial charge in [-0.3, -0.25) is 24.4 Å². The highest BCUT2D eigenvalue weighted by Crippen LogP contribution is 2.44. The Morgan fingerprint density at radius 2 is 1.82 bits per heavy atom. The summed E-state index contributed by atoms with van der Waals surface area (Å²) in [5, 5.41) is 0. The van der Waals surface area contributed by atoms with Gasteiger partial charge in [-0.05, 0) is 55.8 Å². The minimum absolute atomic E-state index is 0.0542. The molecule has 40 heavy (non-hydrogen) atoms. The van der Waals surface area contributed by atoms with Gasteiger partial charge < -0.3 is 9.42 Å². The number of benzene rings is 3. The molecule has 8 nitrogen and oxygen atoms in total.